The van der Waals surface area contributed by atoms with Crippen molar-refractivity contribution in [3.05, 3.63) is 35.1 Å². The third-order valence-corrected chi connectivity index (χ3v) is 3.36. The van der Waals surface area contributed by atoms with E-state index < -0.39 is 0 Å². The van der Waals surface area contributed by atoms with Crippen LogP contribution in [0, 0.1) is 4.77 Å². The Morgan fingerprint density at radius 3 is 2.90 bits per heavy atom. The monoisotopic (exact) mass is 306 g/mol. The van der Waals surface area contributed by atoms with Gasteiger partial charge in [0.25, 0.3) is 0 Å². The van der Waals surface area contributed by atoms with Crippen LogP contribution in [0.25, 0.3) is 11.0 Å². The van der Waals surface area contributed by atoms with E-state index in [0.29, 0.717) is 31.1 Å². The van der Waals surface area contributed by atoms with E-state index in [4.69, 9.17) is 21.7 Å². The topological polar surface area (TPSA) is 39.2 Å². The first-order valence-electron chi connectivity index (χ1n) is 7.20. The molecule has 1 aromatic carbocycles. The first-order chi connectivity index (χ1) is 10.1. The SMILES string of the molecule is C=C(C)COCCn1c(=S)[nH]c2c(OCCC)cccc21. The van der Waals surface area contributed by atoms with E-state index >= 15 is 0 Å². The maximum absolute atomic E-state index is 5.76. The zero-order valence-electron chi connectivity index (χ0n) is 12.6. The molecule has 0 aliphatic heterocycles. The van der Waals surface area contributed by atoms with Crippen molar-refractivity contribution >= 4 is 23.3 Å². The van der Waals surface area contributed by atoms with Crippen LogP contribution in [0.15, 0.2) is 30.4 Å². The van der Waals surface area contributed by atoms with Gasteiger partial charge in [0.05, 0.1) is 25.3 Å². The number of nitrogens with zero attached hydrogens (tertiary/aromatic N) is 1. The van der Waals surface area contributed by atoms with Gasteiger partial charge < -0.3 is 19.0 Å². The predicted molar refractivity (Wildman–Crippen MR) is 88.5 cm³/mol. The number of ether oxygens (including phenoxy) is 2. The average molecular weight is 306 g/mol. The van der Waals surface area contributed by atoms with Gasteiger partial charge in [-0.3, -0.25) is 0 Å². The zero-order chi connectivity index (χ0) is 15.2. The number of nitrogens with one attached hydrogen (secondary N) is 1. The summed E-state index contributed by atoms with van der Waals surface area (Å²) < 4.78 is 14.1. The van der Waals surface area contributed by atoms with E-state index in [9.17, 15) is 0 Å². The highest BCUT2D eigenvalue weighted by atomic mass is 32.1. The Morgan fingerprint density at radius 1 is 1.38 bits per heavy atom. The number of hydrogen-bond donors (Lipinski definition) is 1. The Balaban J connectivity index is 2.18. The highest BCUT2D eigenvalue weighted by Gasteiger charge is 2.09. The number of benzene rings is 1. The van der Waals surface area contributed by atoms with Gasteiger partial charge in [-0.15, -0.1) is 0 Å². The van der Waals surface area contributed by atoms with E-state index in [0.717, 1.165) is 28.8 Å². The first-order valence-corrected chi connectivity index (χ1v) is 7.60. The van der Waals surface area contributed by atoms with Crippen molar-refractivity contribution < 1.29 is 9.47 Å². The Hall–Kier alpha value is -1.59. The number of hydrogen-bond acceptors (Lipinski definition) is 3. The summed E-state index contributed by atoms with van der Waals surface area (Å²) in [6.45, 7) is 10.5. The number of fused-ring (bicyclic) bond motifs is 1. The Labute approximate surface area is 130 Å². The van der Waals surface area contributed by atoms with Gasteiger partial charge in [-0.05, 0) is 37.7 Å². The van der Waals surface area contributed by atoms with Crippen LogP contribution in [0.3, 0.4) is 0 Å². The molecule has 1 heterocycles. The fraction of sp³-hybridized carbons (Fsp3) is 0.438. The lowest BCUT2D eigenvalue weighted by Gasteiger charge is -2.08. The summed E-state index contributed by atoms with van der Waals surface area (Å²) in [5.41, 5.74) is 3.02. The number of imidazole rings is 1. The maximum atomic E-state index is 5.76. The van der Waals surface area contributed by atoms with Gasteiger partial charge in [0.15, 0.2) is 4.77 Å². The summed E-state index contributed by atoms with van der Waals surface area (Å²) in [7, 11) is 0. The second-order valence-electron chi connectivity index (χ2n) is 5.09. The summed E-state index contributed by atoms with van der Waals surface area (Å²) in [6, 6.07) is 5.99. The van der Waals surface area contributed by atoms with Crippen molar-refractivity contribution in [1.82, 2.24) is 9.55 Å². The molecule has 0 unspecified atom stereocenters. The first kappa shape index (κ1) is 15.8. The highest BCUT2D eigenvalue weighted by Crippen LogP contribution is 2.25. The van der Waals surface area contributed by atoms with Crippen molar-refractivity contribution in [3.8, 4) is 5.75 Å². The summed E-state index contributed by atoms with van der Waals surface area (Å²) in [4.78, 5) is 3.23. The van der Waals surface area contributed by atoms with Crippen molar-refractivity contribution in [3.63, 3.8) is 0 Å². The molecule has 5 heteroatoms. The Bertz CT molecular complexity index is 672. The molecule has 0 atom stereocenters. The number of aromatic amines is 1. The minimum atomic E-state index is 0.584. The third kappa shape index (κ3) is 3.95. The lowest BCUT2D eigenvalue weighted by atomic mass is 10.3. The predicted octanol–water partition coefficient (Wildman–Crippen LogP) is 4.08. The lowest BCUT2D eigenvalue weighted by molar-refractivity contribution is 0.148. The normalized spacial score (nSPS) is 11.0. The van der Waals surface area contributed by atoms with Crippen LogP contribution in [0.2, 0.25) is 0 Å². The molecule has 0 aliphatic rings. The molecule has 114 valence electrons. The molecule has 0 amide bonds. The van der Waals surface area contributed by atoms with Crippen LogP contribution >= 0.6 is 12.2 Å². The van der Waals surface area contributed by atoms with Crippen LogP contribution in [-0.4, -0.2) is 29.4 Å². The molecule has 1 aromatic heterocycles. The van der Waals surface area contributed by atoms with Gasteiger partial charge in [0.1, 0.15) is 11.3 Å². The van der Waals surface area contributed by atoms with Gasteiger partial charge in [-0.25, -0.2) is 0 Å². The fourth-order valence-corrected chi connectivity index (χ4v) is 2.40. The fourth-order valence-electron chi connectivity index (χ4n) is 2.11. The standard InChI is InChI=1S/C16H22N2O2S/c1-4-9-20-14-7-5-6-13-15(14)17-16(21)18(13)8-10-19-11-12(2)3/h5-7H,2,4,8-11H2,1,3H3,(H,17,21). The molecular formula is C16H22N2O2S. The zero-order valence-corrected chi connectivity index (χ0v) is 13.5. The minimum absolute atomic E-state index is 0.584. The molecule has 4 nitrogen and oxygen atoms in total. The number of para-hydroxylation sites is 1. The van der Waals surface area contributed by atoms with Gasteiger partial charge in [0.2, 0.25) is 0 Å². The molecule has 1 N–H and O–H groups in total. The van der Waals surface area contributed by atoms with Gasteiger partial charge >= 0.3 is 0 Å². The smallest absolute Gasteiger partial charge is 0.178 e. The molecule has 0 saturated heterocycles. The van der Waals surface area contributed by atoms with Gasteiger partial charge in [-0.1, -0.05) is 25.1 Å². The molecule has 0 spiro atoms. The van der Waals surface area contributed by atoms with Crippen molar-refractivity contribution in [2.24, 2.45) is 0 Å². The van der Waals surface area contributed by atoms with E-state index in [1.54, 1.807) is 0 Å². The summed E-state index contributed by atoms with van der Waals surface area (Å²) >= 11 is 5.41. The minimum Gasteiger partial charge on any atom is -0.491 e. The molecule has 0 fully saturated rings. The largest absolute Gasteiger partial charge is 0.491 e. The molecule has 21 heavy (non-hydrogen) atoms. The van der Waals surface area contributed by atoms with Crippen LogP contribution in [0.1, 0.15) is 20.3 Å². The van der Waals surface area contributed by atoms with Gasteiger partial charge in [0, 0.05) is 6.54 Å². The Morgan fingerprint density at radius 2 is 2.19 bits per heavy atom. The van der Waals surface area contributed by atoms with Crippen molar-refractivity contribution in [2.45, 2.75) is 26.8 Å². The molecule has 0 bridgehead atoms. The highest BCUT2D eigenvalue weighted by molar-refractivity contribution is 7.71. The van der Waals surface area contributed by atoms with E-state index in [1.165, 1.54) is 0 Å². The molecule has 0 saturated carbocycles. The summed E-state index contributed by atoms with van der Waals surface area (Å²) in [6.07, 6.45) is 0.979. The van der Waals surface area contributed by atoms with E-state index in [1.807, 2.05) is 29.7 Å². The van der Waals surface area contributed by atoms with Crippen molar-refractivity contribution in [2.75, 3.05) is 19.8 Å². The molecule has 2 aromatic rings. The maximum Gasteiger partial charge on any atom is 0.178 e. The molecule has 2 rings (SSSR count). The van der Waals surface area contributed by atoms with E-state index in [-0.39, 0.29) is 0 Å². The molecular weight excluding hydrogens is 284 g/mol. The number of H-pyrrole nitrogens is 1. The molecule has 0 radical (unpaired) electrons. The number of aromatic nitrogens is 2. The summed E-state index contributed by atoms with van der Waals surface area (Å²) in [5, 5.41) is 0. The van der Waals surface area contributed by atoms with Crippen LogP contribution in [-0.2, 0) is 11.3 Å². The van der Waals surface area contributed by atoms with Crippen LogP contribution in [0.4, 0.5) is 0 Å². The quantitative estimate of drug-likeness (QED) is 0.454. The Kier molecular flexibility index (Phi) is 5.59. The molecule has 0 aliphatic carbocycles. The van der Waals surface area contributed by atoms with Crippen molar-refractivity contribution in [1.29, 1.82) is 0 Å². The number of rotatable bonds is 8. The summed E-state index contributed by atoms with van der Waals surface area (Å²) in [5.74, 6) is 0.849. The lowest BCUT2D eigenvalue weighted by Crippen LogP contribution is -2.07. The second kappa shape index (κ2) is 7.43. The van der Waals surface area contributed by atoms with Crippen LogP contribution < -0.4 is 4.74 Å². The van der Waals surface area contributed by atoms with E-state index in [2.05, 4.69) is 18.5 Å². The second-order valence-corrected chi connectivity index (χ2v) is 5.48. The third-order valence-electron chi connectivity index (χ3n) is 3.04. The average Bonchev–Trinajstić information content (AvgIpc) is 2.77. The van der Waals surface area contributed by atoms with Gasteiger partial charge in [-0.2, -0.15) is 0 Å². The van der Waals surface area contributed by atoms with Crippen LogP contribution in [0.5, 0.6) is 5.75 Å².